The molecule has 1 amide bonds. The van der Waals surface area contributed by atoms with Gasteiger partial charge in [-0.25, -0.2) is 4.98 Å². The predicted molar refractivity (Wildman–Crippen MR) is 89.9 cm³/mol. The number of hydrogen-bond donors (Lipinski definition) is 1. The lowest BCUT2D eigenvalue weighted by Gasteiger charge is -2.13. The molecule has 3 nitrogen and oxygen atoms in total. The fourth-order valence-electron chi connectivity index (χ4n) is 1.94. The van der Waals surface area contributed by atoms with Crippen LogP contribution in [0.3, 0.4) is 0 Å². The van der Waals surface area contributed by atoms with Crippen LogP contribution < -0.4 is 5.32 Å². The molecule has 0 aliphatic heterocycles. The van der Waals surface area contributed by atoms with E-state index in [0.717, 1.165) is 22.9 Å². The van der Waals surface area contributed by atoms with Crippen LogP contribution in [-0.4, -0.2) is 22.7 Å². The summed E-state index contributed by atoms with van der Waals surface area (Å²) in [7, 11) is 0. The first-order valence-electron chi connectivity index (χ1n) is 7.01. The highest BCUT2D eigenvalue weighted by atomic mass is 32.2. The van der Waals surface area contributed by atoms with Gasteiger partial charge in [0.25, 0.3) is 0 Å². The van der Waals surface area contributed by atoms with Gasteiger partial charge in [0.1, 0.15) is 0 Å². The standard InChI is InChI=1S/C16H20N2OS2/c1-12(8-9-14-6-4-3-5-7-14)17-15(19)11-21-16-18-13(2)10-20-16/h3-7,10,12H,8-9,11H2,1-2H3,(H,17,19)/t12-/m0/s1. The Bertz CT molecular complexity index is 569. The number of rotatable bonds is 7. The van der Waals surface area contributed by atoms with Gasteiger partial charge in [0.15, 0.2) is 4.34 Å². The van der Waals surface area contributed by atoms with Gasteiger partial charge in [0.05, 0.1) is 5.75 Å². The summed E-state index contributed by atoms with van der Waals surface area (Å²) < 4.78 is 0.958. The van der Waals surface area contributed by atoms with Crippen LogP contribution in [0, 0.1) is 6.92 Å². The zero-order valence-corrected chi connectivity index (χ0v) is 14.0. The maximum atomic E-state index is 11.9. The summed E-state index contributed by atoms with van der Waals surface area (Å²) in [4.78, 5) is 16.2. The highest BCUT2D eigenvalue weighted by Crippen LogP contribution is 2.21. The van der Waals surface area contributed by atoms with Crippen molar-refractivity contribution in [1.29, 1.82) is 0 Å². The van der Waals surface area contributed by atoms with Crippen LogP contribution in [0.2, 0.25) is 0 Å². The third-order valence-corrected chi connectivity index (χ3v) is 5.18. The molecule has 112 valence electrons. The molecule has 0 aliphatic rings. The van der Waals surface area contributed by atoms with Crippen LogP contribution in [0.25, 0.3) is 0 Å². The van der Waals surface area contributed by atoms with Crippen molar-refractivity contribution in [2.75, 3.05) is 5.75 Å². The van der Waals surface area contributed by atoms with Gasteiger partial charge in [-0.2, -0.15) is 0 Å². The lowest BCUT2D eigenvalue weighted by molar-refractivity contribution is -0.119. The number of thioether (sulfide) groups is 1. The molecule has 0 fully saturated rings. The van der Waals surface area contributed by atoms with Gasteiger partial charge in [0, 0.05) is 17.1 Å². The van der Waals surface area contributed by atoms with Gasteiger partial charge >= 0.3 is 0 Å². The van der Waals surface area contributed by atoms with Gasteiger partial charge < -0.3 is 5.32 Å². The predicted octanol–water partition coefficient (Wildman–Crippen LogP) is 3.68. The second kappa shape index (κ2) is 8.20. The molecule has 21 heavy (non-hydrogen) atoms. The SMILES string of the molecule is Cc1csc(SCC(=O)N[C@@H](C)CCc2ccccc2)n1. The summed E-state index contributed by atoms with van der Waals surface area (Å²) in [5.41, 5.74) is 2.32. The summed E-state index contributed by atoms with van der Waals surface area (Å²) in [6.07, 6.45) is 1.94. The van der Waals surface area contributed by atoms with Crippen LogP contribution in [0.1, 0.15) is 24.6 Å². The molecule has 1 atom stereocenters. The second-order valence-corrected chi connectivity index (χ2v) is 7.12. The topological polar surface area (TPSA) is 42.0 Å². The van der Waals surface area contributed by atoms with E-state index in [1.165, 1.54) is 17.3 Å². The van der Waals surface area contributed by atoms with E-state index in [9.17, 15) is 4.79 Å². The molecule has 0 aliphatic carbocycles. The van der Waals surface area contributed by atoms with Crippen molar-refractivity contribution in [2.24, 2.45) is 0 Å². The second-order valence-electron chi connectivity index (χ2n) is 5.04. The molecule has 2 aromatic rings. The number of hydrogen-bond acceptors (Lipinski definition) is 4. The van der Waals surface area contributed by atoms with E-state index < -0.39 is 0 Å². The maximum absolute atomic E-state index is 11.9. The number of benzene rings is 1. The minimum atomic E-state index is 0.0772. The Hall–Kier alpha value is -1.33. The van der Waals surface area contributed by atoms with E-state index in [2.05, 4.69) is 29.4 Å². The zero-order valence-electron chi connectivity index (χ0n) is 12.3. The Morgan fingerprint density at radius 2 is 2.14 bits per heavy atom. The average Bonchev–Trinajstić information content (AvgIpc) is 2.90. The smallest absolute Gasteiger partial charge is 0.230 e. The molecule has 0 saturated carbocycles. The first-order chi connectivity index (χ1) is 10.1. The number of carbonyl (C=O) groups excluding carboxylic acids is 1. The number of aryl methyl sites for hydroxylation is 2. The van der Waals surface area contributed by atoms with E-state index in [0.29, 0.717) is 5.75 Å². The maximum Gasteiger partial charge on any atom is 0.230 e. The molecular formula is C16H20N2OS2. The minimum Gasteiger partial charge on any atom is -0.353 e. The fourth-order valence-corrected chi connectivity index (χ4v) is 3.60. The van der Waals surface area contributed by atoms with Gasteiger partial charge in [-0.1, -0.05) is 42.1 Å². The number of nitrogens with zero attached hydrogens (tertiary/aromatic N) is 1. The van der Waals surface area contributed by atoms with Crippen molar-refractivity contribution in [2.45, 2.75) is 37.1 Å². The lowest BCUT2D eigenvalue weighted by Crippen LogP contribution is -2.34. The Kier molecular flexibility index (Phi) is 6.26. The zero-order chi connectivity index (χ0) is 15.1. The van der Waals surface area contributed by atoms with Crippen LogP contribution in [-0.2, 0) is 11.2 Å². The Balaban J connectivity index is 1.67. The summed E-state index contributed by atoms with van der Waals surface area (Å²) in [5, 5.41) is 5.05. The summed E-state index contributed by atoms with van der Waals surface area (Å²) in [5.74, 6) is 0.510. The molecule has 1 aromatic heterocycles. The van der Waals surface area contributed by atoms with Gasteiger partial charge in [-0.3, -0.25) is 4.79 Å². The molecule has 1 N–H and O–H groups in total. The first kappa shape index (κ1) is 16.0. The van der Waals surface area contributed by atoms with Crippen LogP contribution in [0.15, 0.2) is 40.1 Å². The van der Waals surface area contributed by atoms with Crippen molar-refractivity contribution < 1.29 is 4.79 Å². The number of nitrogens with one attached hydrogen (secondary N) is 1. The van der Waals surface area contributed by atoms with Gasteiger partial charge in [-0.05, 0) is 32.3 Å². The molecule has 5 heteroatoms. The lowest BCUT2D eigenvalue weighted by atomic mass is 10.1. The Morgan fingerprint density at radius 3 is 2.81 bits per heavy atom. The number of thiazole rings is 1. The molecule has 0 bridgehead atoms. The third-order valence-electron chi connectivity index (χ3n) is 3.04. The number of carbonyl (C=O) groups is 1. The molecule has 2 rings (SSSR count). The molecular weight excluding hydrogens is 300 g/mol. The molecule has 1 heterocycles. The fraction of sp³-hybridized carbons (Fsp3) is 0.375. The normalized spacial score (nSPS) is 12.1. The quantitative estimate of drug-likeness (QED) is 0.791. The van der Waals surface area contributed by atoms with E-state index in [-0.39, 0.29) is 11.9 Å². The Morgan fingerprint density at radius 1 is 1.38 bits per heavy atom. The summed E-state index contributed by atoms with van der Waals surface area (Å²) >= 11 is 3.09. The highest BCUT2D eigenvalue weighted by Gasteiger charge is 2.09. The molecule has 0 spiro atoms. The molecule has 1 aromatic carbocycles. The minimum absolute atomic E-state index is 0.0772. The first-order valence-corrected chi connectivity index (χ1v) is 8.88. The van der Waals surface area contributed by atoms with Crippen molar-refractivity contribution in [1.82, 2.24) is 10.3 Å². The van der Waals surface area contributed by atoms with Crippen LogP contribution >= 0.6 is 23.1 Å². The molecule has 0 unspecified atom stereocenters. The van der Waals surface area contributed by atoms with Crippen molar-refractivity contribution in [3.05, 3.63) is 47.0 Å². The van der Waals surface area contributed by atoms with E-state index in [4.69, 9.17) is 0 Å². The van der Waals surface area contributed by atoms with Crippen molar-refractivity contribution >= 4 is 29.0 Å². The average molecular weight is 320 g/mol. The Labute approximate surface area is 134 Å². The van der Waals surface area contributed by atoms with Crippen LogP contribution in [0.4, 0.5) is 0 Å². The summed E-state index contributed by atoms with van der Waals surface area (Å²) in [6.45, 7) is 4.02. The van der Waals surface area contributed by atoms with Crippen molar-refractivity contribution in [3.8, 4) is 0 Å². The molecule has 0 saturated heterocycles. The van der Waals surface area contributed by atoms with E-state index >= 15 is 0 Å². The highest BCUT2D eigenvalue weighted by molar-refractivity contribution is 8.01. The summed E-state index contributed by atoms with van der Waals surface area (Å²) in [6, 6.07) is 10.5. The van der Waals surface area contributed by atoms with Gasteiger partial charge in [-0.15, -0.1) is 11.3 Å². The number of aromatic nitrogens is 1. The van der Waals surface area contributed by atoms with E-state index in [1.54, 1.807) is 11.3 Å². The third kappa shape index (κ3) is 5.89. The molecule has 0 radical (unpaired) electrons. The monoisotopic (exact) mass is 320 g/mol. The number of amides is 1. The van der Waals surface area contributed by atoms with E-state index in [1.807, 2.05) is 30.5 Å². The largest absolute Gasteiger partial charge is 0.353 e. The van der Waals surface area contributed by atoms with Crippen molar-refractivity contribution in [3.63, 3.8) is 0 Å². The van der Waals surface area contributed by atoms with Crippen LogP contribution in [0.5, 0.6) is 0 Å². The van der Waals surface area contributed by atoms with Gasteiger partial charge in [0.2, 0.25) is 5.91 Å².